The number of aliphatic hydroxyl groups excluding tert-OH is 1. The average Bonchev–Trinajstić information content (AvgIpc) is 2.50. The van der Waals surface area contributed by atoms with Crippen molar-refractivity contribution in [1.29, 1.82) is 0 Å². The molecule has 1 aliphatic heterocycles. The summed E-state index contributed by atoms with van der Waals surface area (Å²) < 4.78 is 26.1. The fourth-order valence-electron chi connectivity index (χ4n) is 2.78. The summed E-state index contributed by atoms with van der Waals surface area (Å²) in [6, 6.07) is 11.8. The van der Waals surface area contributed by atoms with Crippen LogP contribution < -0.4 is 0 Å². The molecule has 0 bridgehead atoms. The van der Waals surface area contributed by atoms with Gasteiger partial charge >= 0.3 is 0 Å². The van der Waals surface area contributed by atoms with E-state index in [0.29, 0.717) is 12.1 Å². The van der Waals surface area contributed by atoms with Crippen LogP contribution in [0.25, 0.3) is 0 Å². The lowest BCUT2D eigenvalue weighted by atomic mass is 9.99. The van der Waals surface area contributed by atoms with Gasteiger partial charge < -0.3 is 5.11 Å². The lowest BCUT2D eigenvalue weighted by Crippen LogP contribution is -2.34. The Kier molecular flexibility index (Phi) is 3.99. The summed E-state index contributed by atoms with van der Waals surface area (Å²) in [7, 11) is 0. The fourth-order valence-corrected chi connectivity index (χ4v) is 2.78. The molecule has 0 spiro atoms. The molecule has 1 aliphatic rings. The SMILES string of the molecule is O[C@@H](CN1CCc2ccccc2C1)c1ccc(F)c(F)c1. The molecule has 2 nitrogen and oxygen atoms in total. The van der Waals surface area contributed by atoms with Crippen LogP contribution in [0.2, 0.25) is 0 Å². The molecule has 3 rings (SSSR count). The standard InChI is InChI=1S/C17H17F2NO/c18-15-6-5-13(9-16(15)19)17(21)11-20-8-7-12-3-1-2-4-14(12)10-20/h1-6,9,17,21H,7-8,10-11H2/t17-/m0/s1. The van der Waals surface area contributed by atoms with E-state index in [4.69, 9.17) is 0 Å². The molecular formula is C17H17F2NO. The van der Waals surface area contributed by atoms with Crippen molar-refractivity contribution in [3.63, 3.8) is 0 Å². The Labute approximate surface area is 122 Å². The molecule has 0 aromatic heterocycles. The van der Waals surface area contributed by atoms with E-state index in [1.54, 1.807) is 0 Å². The van der Waals surface area contributed by atoms with Crippen LogP contribution in [-0.2, 0) is 13.0 Å². The minimum Gasteiger partial charge on any atom is -0.387 e. The zero-order valence-corrected chi connectivity index (χ0v) is 11.6. The number of benzene rings is 2. The Morgan fingerprint density at radius 1 is 1.05 bits per heavy atom. The number of β-amino-alcohol motifs (C(OH)–C–C–N with tert-alkyl or cyclic N) is 1. The van der Waals surface area contributed by atoms with Crippen molar-refractivity contribution >= 4 is 0 Å². The maximum atomic E-state index is 13.2. The molecule has 1 heterocycles. The number of nitrogens with zero attached hydrogens (tertiary/aromatic N) is 1. The number of hydrogen-bond acceptors (Lipinski definition) is 2. The minimum absolute atomic E-state index is 0.410. The fraction of sp³-hybridized carbons (Fsp3) is 0.294. The predicted octanol–water partition coefficient (Wildman–Crippen LogP) is 3.06. The van der Waals surface area contributed by atoms with Gasteiger partial charge in [-0.1, -0.05) is 30.3 Å². The van der Waals surface area contributed by atoms with E-state index in [0.717, 1.165) is 31.6 Å². The van der Waals surface area contributed by atoms with Crippen LogP contribution in [0.1, 0.15) is 22.8 Å². The van der Waals surface area contributed by atoms with Crippen LogP contribution in [0, 0.1) is 11.6 Å². The Bertz CT molecular complexity index is 644. The van der Waals surface area contributed by atoms with Gasteiger partial charge in [-0.15, -0.1) is 0 Å². The van der Waals surface area contributed by atoms with Crippen LogP contribution in [0.15, 0.2) is 42.5 Å². The summed E-state index contributed by atoms with van der Waals surface area (Å²) in [5.74, 6) is -1.81. The maximum Gasteiger partial charge on any atom is 0.159 e. The molecule has 1 atom stereocenters. The maximum absolute atomic E-state index is 13.2. The molecule has 0 radical (unpaired) electrons. The number of halogens is 2. The molecule has 2 aromatic rings. The summed E-state index contributed by atoms with van der Waals surface area (Å²) in [5.41, 5.74) is 3.02. The van der Waals surface area contributed by atoms with E-state index in [2.05, 4.69) is 17.0 Å². The summed E-state index contributed by atoms with van der Waals surface area (Å²) in [6.07, 6.45) is 0.131. The number of aliphatic hydroxyl groups is 1. The molecule has 0 fully saturated rings. The first kappa shape index (κ1) is 14.2. The van der Waals surface area contributed by atoms with E-state index in [1.165, 1.54) is 17.2 Å². The van der Waals surface area contributed by atoms with Crippen LogP contribution in [0.5, 0.6) is 0 Å². The predicted molar refractivity (Wildman–Crippen MR) is 76.7 cm³/mol. The second-order valence-electron chi connectivity index (χ2n) is 5.44. The summed E-state index contributed by atoms with van der Waals surface area (Å²) in [5, 5.41) is 10.2. The molecule has 110 valence electrons. The summed E-state index contributed by atoms with van der Waals surface area (Å²) in [4.78, 5) is 2.13. The summed E-state index contributed by atoms with van der Waals surface area (Å²) in [6.45, 7) is 2.05. The van der Waals surface area contributed by atoms with Gasteiger partial charge in [0.15, 0.2) is 11.6 Å². The number of fused-ring (bicyclic) bond motifs is 1. The van der Waals surface area contributed by atoms with Crippen LogP contribution in [0.3, 0.4) is 0 Å². The van der Waals surface area contributed by atoms with E-state index < -0.39 is 17.7 Å². The molecule has 0 aliphatic carbocycles. The van der Waals surface area contributed by atoms with E-state index >= 15 is 0 Å². The molecule has 4 heteroatoms. The topological polar surface area (TPSA) is 23.5 Å². The van der Waals surface area contributed by atoms with E-state index in [1.807, 2.05) is 12.1 Å². The second kappa shape index (κ2) is 5.92. The van der Waals surface area contributed by atoms with Crippen LogP contribution in [-0.4, -0.2) is 23.1 Å². The van der Waals surface area contributed by atoms with Crippen LogP contribution in [0.4, 0.5) is 8.78 Å². The Hall–Kier alpha value is -1.78. The van der Waals surface area contributed by atoms with Gasteiger partial charge in [0, 0.05) is 19.6 Å². The molecule has 1 N–H and O–H groups in total. The van der Waals surface area contributed by atoms with Crippen molar-refractivity contribution in [2.45, 2.75) is 19.1 Å². The van der Waals surface area contributed by atoms with Gasteiger partial charge in [-0.2, -0.15) is 0 Å². The van der Waals surface area contributed by atoms with Crippen molar-refractivity contribution in [2.75, 3.05) is 13.1 Å². The highest BCUT2D eigenvalue weighted by atomic mass is 19.2. The molecule has 0 saturated heterocycles. The molecular weight excluding hydrogens is 272 g/mol. The Morgan fingerprint density at radius 3 is 2.57 bits per heavy atom. The average molecular weight is 289 g/mol. The third-order valence-electron chi connectivity index (χ3n) is 3.97. The minimum atomic E-state index is -0.921. The molecule has 0 amide bonds. The first-order valence-electron chi connectivity index (χ1n) is 7.05. The number of rotatable bonds is 3. The highest BCUT2D eigenvalue weighted by Gasteiger charge is 2.19. The third-order valence-corrected chi connectivity index (χ3v) is 3.97. The quantitative estimate of drug-likeness (QED) is 0.938. The van der Waals surface area contributed by atoms with Crippen molar-refractivity contribution in [2.24, 2.45) is 0 Å². The lowest BCUT2D eigenvalue weighted by Gasteiger charge is -2.30. The third kappa shape index (κ3) is 3.12. The lowest BCUT2D eigenvalue weighted by molar-refractivity contribution is 0.105. The van der Waals surface area contributed by atoms with Gasteiger partial charge in [0.25, 0.3) is 0 Å². The zero-order valence-electron chi connectivity index (χ0n) is 11.6. The molecule has 0 saturated carbocycles. The van der Waals surface area contributed by atoms with Gasteiger partial charge in [-0.05, 0) is 35.2 Å². The van der Waals surface area contributed by atoms with Gasteiger partial charge in [0.05, 0.1) is 6.10 Å². The highest BCUT2D eigenvalue weighted by molar-refractivity contribution is 5.29. The zero-order chi connectivity index (χ0) is 14.8. The number of hydrogen-bond donors (Lipinski definition) is 1. The molecule has 0 unspecified atom stereocenters. The normalized spacial score (nSPS) is 16.5. The monoisotopic (exact) mass is 289 g/mol. The second-order valence-corrected chi connectivity index (χ2v) is 5.44. The summed E-state index contributed by atoms with van der Waals surface area (Å²) >= 11 is 0. The smallest absolute Gasteiger partial charge is 0.159 e. The van der Waals surface area contributed by atoms with Crippen molar-refractivity contribution < 1.29 is 13.9 Å². The molecule has 2 aromatic carbocycles. The van der Waals surface area contributed by atoms with Crippen molar-refractivity contribution in [1.82, 2.24) is 4.90 Å². The van der Waals surface area contributed by atoms with Gasteiger partial charge in [0.2, 0.25) is 0 Å². The van der Waals surface area contributed by atoms with Crippen molar-refractivity contribution in [3.05, 3.63) is 70.8 Å². The van der Waals surface area contributed by atoms with Crippen molar-refractivity contribution in [3.8, 4) is 0 Å². The first-order valence-corrected chi connectivity index (χ1v) is 7.05. The first-order chi connectivity index (χ1) is 10.1. The largest absolute Gasteiger partial charge is 0.387 e. The van der Waals surface area contributed by atoms with Gasteiger partial charge in [-0.25, -0.2) is 8.78 Å². The van der Waals surface area contributed by atoms with Crippen LogP contribution >= 0.6 is 0 Å². The molecule has 21 heavy (non-hydrogen) atoms. The van der Waals surface area contributed by atoms with Gasteiger partial charge in [0.1, 0.15) is 0 Å². The van der Waals surface area contributed by atoms with Gasteiger partial charge in [-0.3, -0.25) is 4.90 Å². The Balaban J connectivity index is 1.68. The highest BCUT2D eigenvalue weighted by Crippen LogP contribution is 2.22. The Morgan fingerprint density at radius 2 is 1.81 bits per heavy atom. The van der Waals surface area contributed by atoms with E-state index in [9.17, 15) is 13.9 Å². The van der Waals surface area contributed by atoms with E-state index in [-0.39, 0.29) is 0 Å².